The van der Waals surface area contributed by atoms with E-state index in [4.69, 9.17) is 0 Å². The largest absolute Gasteiger partial charge is 0.0654 e. The third-order valence-corrected chi connectivity index (χ3v) is 16.3. The maximum Gasteiger partial charge on any atom is -0.0308 e. The molecular weight excluding hydrogens is 661 g/mol. The van der Waals surface area contributed by atoms with Crippen LogP contribution >= 0.6 is 0 Å². The number of rotatable bonds is 16. The minimum absolute atomic E-state index is 0.667. The van der Waals surface area contributed by atoms with Crippen molar-refractivity contribution in [2.75, 3.05) is 0 Å². The highest BCUT2D eigenvalue weighted by molar-refractivity contribution is 4.78. The summed E-state index contributed by atoms with van der Waals surface area (Å²) in [6.45, 7) is 44.1. The van der Waals surface area contributed by atoms with E-state index < -0.39 is 0 Å². The summed E-state index contributed by atoms with van der Waals surface area (Å²) in [5.41, 5.74) is 0.667. The highest BCUT2D eigenvalue weighted by Crippen LogP contribution is 2.38. The van der Waals surface area contributed by atoms with Crippen LogP contribution in [0.2, 0.25) is 0 Å². The second kappa shape index (κ2) is 38.2. The van der Waals surface area contributed by atoms with Crippen LogP contribution in [0.25, 0.3) is 0 Å². The molecule has 0 aromatic heterocycles. The monoisotopic (exact) mass is 777 g/mol. The molecule has 0 saturated heterocycles. The van der Waals surface area contributed by atoms with E-state index in [0.717, 1.165) is 65.1 Å². The Bertz CT molecular complexity index is 680. The molecule has 0 aromatic rings. The molecule has 3 rings (SSSR count). The molecule has 0 heteroatoms. The molecule has 0 spiro atoms. The van der Waals surface area contributed by atoms with Crippen LogP contribution in [0.4, 0.5) is 0 Å². The summed E-state index contributed by atoms with van der Waals surface area (Å²) >= 11 is 0. The summed E-state index contributed by atoms with van der Waals surface area (Å²) in [6.07, 6.45) is 34.1. The molecule has 3 fully saturated rings. The first-order chi connectivity index (χ1) is 26.2. The first-order valence-corrected chi connectivity index (χ1v) is 26.2. The van der Waals surface area contributed by atoms with E-state index in [2.05, 4.69) is 132 Å². The van der Waals surface area contributed by atoms with Crippen LogP contribution in [0.3, 0.4) is 0 Å². The molecule has 3 saturated carbocycles. The van der Waals surface area contributed by atoms with E-state index in [1.165, 1.54) is 154 Å². The van der Waals surface area contributed by atoms with E-state index in [1.807, 2.05) is 0 Å². The Morgan fingerprint density at radius 1 is 0.436 bits per heavy atom. The lowest BCUT2D eigenvalue weighted by molar-refractivity contribution is 0.183. The lowest BCUT2D eigenvalue weighted by atomic mass is 9.72. The molecule has 336 valence electrons. The molecule has 3 aliphatic carbocycles. The van der Waals surface area contributed by atoms with Gasteiger partial charge in [-0.05, 0) is 109 Å². The summed E-state index contributed by atoms with van der Waals surface area (Å²) in [7, 11) is 0. The van der Waals surface area contributed by atoms with Gasteiger partial charge in [0.15, 0.2) is 0 Å². The normalized spacial score (nSPS) is 27.8. The summed E-state index contributed by atoms with van der Waals surface area (Å²) < 4.78 is 0. The fraction of sp³-hybridized carbons (Fsp3) is 1.00. The van der Waals surface area contributed by atoms with Gasteiger partial charge in [0.2, 0.25) is 0 Å². The Morgan fingerprint density at radius 2 is 0.782 bits per heavy atom. The molecule has 0 aromatic carbocycles. The van der Waals surface area contributed by atoms with Crippen molar-refractivity contribution >= 4 is 0 Å². The van der Waals surface area contributed by atoms with Gasteiger partial charge in [0.1, 0.15) is 0 Å². The highest BCUT2D eigenvalue weighted by atomic mass is 14.3. The van der Waals surface area contributed by atoms with Crippen molar-refractivity contribution in [2.45, 2.75) is 286 Å². The van der Waals surface area contributed by atoms with Crippen molar-refractivity contribution in [1.29, 1.82) is 0 Å². The van der Waals surface area contributed by atoms with Gasteiger partial charge in [-0.2, -0.15) is 0 Å². The van der Waals surface area contributed by atoms with Gasteiger partial charge in [0, 0.05) is 0 Å². The molecule has 7 atom stereocenters. The second-order valence-electron chi connectivity index (χ2n) is 20.0. The lowest BCUT2D eigenvalue weighted by Crippen LogP contribution is -2.21. The van der Waals surface area contributed by atoms with Crippen molar-refractivity contribution < 1.29 is 0 Å². The lowest BCUT2D eigenvalue weighted by Gasteiger charge is -2.33. The van der Waals surface area contributed by atoms with E-state index in [9.17, 15) is 0 Å². The number of hydrogen-bond donors (Lipinski definition) is 0. The summed E-state index contributed by atoms with van der Waals surface area (Å²) in [5.74, 6) is 11.1. The zero-order chi connectivity index (χ0) is 42.8. The van der Waals surface area contributed by atoms with Gasteiger partial charge >= 0.3 is 0 Å². The zero-order valence-electron chi connectivity index (χ0n) is 42.8. The van der Waals surface area contributed by atoms with Crippen LogP contribution in [0.1, 0.15) is 286 Å². The molecule has 0 aliphatic heterocycles. The van der Waals surface area contributed by atoms with Crippen LogP contribution in [-0.4, -0.2) is 0 Å². The van der Waals surface area contributed by atoms with E-state index >= 15 is 0 Å². The molecule has 0 amide bonds. The molecule has 55 heavy (non-hydrogen) atoms. The average molecular weight is 778 g/mol. The predicted molar refractivity (Wildman–Crippen MR) is 259 cm³/mol. The molecule has 0 bridgehead atoms. The Hall–Kier alpha value is 0. The minimum atomic E-state index is 0.667. The van der Waals surface area contributed by atoms with Crippen LogP contribution < -0.4 is 0 Å². The Morgan fingerprint density at radius 3 is 0.945 bits per heavy atom. The van der Waals surface area contributed by atoms with Crippen molar-refractivity contribution in [3.8, 4) is 0 Å². The van der Waals surface area contributed by atoms with Crippen molar-refractivity contribution in [3.63, 3.8) is 0 Å². The Kier molecular flexibility index (Phi) is 41.2. The smallest absolute Gasteiger partial charge is 0.0308 e. The van der Waals surface area contributed by atoms with Gasteiger partial charge in [-0.15, -0.1) is 0 Å². The molecule has 0 nitrogen and oxygen atoms in total. The van der Waals surface area contributed by atoms with Crippen molar-refractivity contribution in [1.82, 2.24) is 0 Å². The van der Waals surface area contributed by atoms with Crippen LogP contribution in [-0.2, 0) is 0 Å². The zero-order valence-corrected chi connectivity index (χ0v) is 42.8. The molecule has 0 radical (unpaired) electrons. The maximum absolute atomic E-state index is 2.42. The molecule has 4 unspecified atom stereocenters. The van der Waals surface area contributed by atoms with Gasteiger partial charge in [-0.1, -0.05) is 247 Å². The van der Waals surface area contributed by atoms with Crippen molar-refractivity contribution in [3.05, 3.63) is 0 Å². The van der Waals surface area contributed by atoms with Gasteiger partial charge in [0.25, 0.3) is 0 Å². The average Bonchev–Trinajstić information content (AvgIpc) is 3.66. The first-order valence-electron chi connectivity index (χ1n) is 26.2. The van der Waals surface area contributed by atoms with Gasteiger partial charge in [-0.25, -0.2) is 0 Å². The SMILES string of the molecule is CCC(C)[C@@H](C)CC.CCC(CC)(CC)CC.CCC1CC(C)CC(CC)C1.CCC1CC(CC)CC(CC)C1.CCC1CCC[C@H]1C.CCC[C@@H](C)CC. The Balaban J connectivity index is -0.000000597. The second-order valence-corrected chi connectivity index (χ2v) is 20.0. The van der Waals surface area contributed by atoms with Crippen molar-refractivity contribution in [2.24, 2.45) is 70.5 Å². The summed E-state index contributed by atoms with van der Waals surface area (Å²) in [6, 6.07) is 0. The summed E-state index contributed by atoms with van der Waals surface area (Å²) in [5, 5.41) is 0. The number of hydrogen-bond acceptors (Lipinski definition) is 0. The van der Waals surface area contributed by atoms with Crippen LogP contribution in [0.5, 0.6) is 0 Å². The molecule has 3 aliphatic rings. The van der Waals surface area contributed by atoms with Crippen LogP contribution in [0.15, 0.2) is 0 Å². The molecular formula is C55H116. The summed E-state index contributed by atoms with van der Waals surface area (Å²) in [4.78, 5) is 0. The Labute approximate surface area is 354 Å². The molecule has 0 heterocycles. The fourth-order valence-electron chi connectivity index (χ4n) is 10.1. The van der Waals surface area contributed by atoms with Gasteiger partial charge in [-0.3, -0.25) is 0 Å². The first kappa shape index (κ1) is 59.3. The standard InChI is InChI=1S/C12H24.C11H22.C9H20.C8H16.C8H18.C7H16/c1-4-10-7-11(5-2)9-12(6-3)8-10;1-4-10-6-9(3)7-11(5-2)8-10;1-5-9(6-2,7-3)8-4;1-3-8-6-4-5-7(8)2;1-5-7(3)8(4)6-2;1-4-6-7(3)5-2/h10-12H,4-9H2,1-3H3;9-11H,4-8H2,1-3H3;5-8H2,1-4H3;7-8H,3-6H2,1-2H3;7-8H,5-6H2,1-4H3;7H,4-6H2,1-3H3/t;;;2*7-,8?;7-/m...100/s1. The third-order valence-electron chi connectivity index (χ3n) is 16.3. The molecule has 0 N–H and O–H groups in total. The van der Waals surface area contributed by atoms with E-state index in [1.54, 1.807) is 0 Å². The predicted octanol–water partition coefficient (Wildman–Crippen LogP) is 20.5. The third kappa shape index (κ3) is 29.0. The maximum atomic E-state index is 2.42. The van der Waals surface area contributed by atoms with Gasteiger partial charge < -0.3 is 0 Å². The highest BCUT2D eigenvalue weighted by Gasteiger charge is 2.26. The van der Waals surface area contributed by atoms with E-state index in [0.29, 0.717) is 5.41 Å². The quantitative estimate of drug-likeness (QED) is 0.146. The fourth-order valence-corrected chi connectivity index (χ4v) is 10.1. The van der Waals surface area contributed by atoms with Crippen LogP contribution in [0, 0.1) is 70.5 Å². The minimum Gasteiger partial charge on any atom is -0.0654 e. The van der Waals surface area contributed by atoms with E-state index in [-0.39, 0.29) is 0 Å². The topological polar surface area (TPSA) is 0 Å². The van der Waals surface area contributed by atoms with Gasteiger partial charge in [0.05, 0.1) is 0 Å².